The smallest absolute Gasteiger partial charge is 0.261 e. The first kappa shape index (κ1) is 13.9. The molecule has 110 valence electrons. The van der Waals surface area contributed by atoms with Gasteiger partial charge < -0.3 is 14.4 Å². The number of amides is 1. The van der Waals surface area contributed by atoms with E-state index in [1.807, 2.05) is 34.5 Å². The molecule has 3 rings (SSSR count). The lowest BCUT2D eigenvalue weighted by molar-refractivity contribution is -0.135. The van der Waals surface area contributed by atoms with E-state index in [-0.39, 0.29) is 18.6 Å². The van der Waals surface area contributed by atoms with Gasteiger partial charge in [0.1, 0.15) is 0 Å². The van der Waals surface area contributed by atoms with Crippen molar-refractivity contribution < 1.29 is 14.3 Å². The van der Waals surface area contributed by atoms with Crippen molar-refractivity contribution in [2.24, 2.45) is 0 Å². The summed E-state index contributed by atoms with van der Waals surface area (Å²) >= 11 is 1.66. The van der Waals surface area contributed by atoms with E-state index in [1.165, 1.54) is 4.88 Å². The first-order valence-corrected chi connectivity index (χ1v) is 7.70. The molecule has 1 aliphatic rings. The third-order valence-electron chi connectivity index (χ3n) is 3.70. The Bertz CT molecular complexity index is 639. The molecule has 2 aromatic rings. The summed E-state index contributed by atoms with van der Waals surface area (Å²) in [5.41, 5.74) is 0.976. The van der Waals surface area contributed by atoms with Gasteiger partial charge in [0.2, 0.25) is 0 Å². The van der Waals surface area contributed by atoms with Crippen LogP contribution in [0.25, 0.3) is 0 Å². The number of rotatable bonds is 3. The molecule has 1 amide bonds. The minimum Gasteiger partial charge on any atom is -0.493 e. The van der Waals surface area contributed by atoms with Crippen LogP contribution < -0.4 is 9.47 Å². The van der Waals surface area contributed by atoms with Gasteiger partial charge in [-0.2, -0.15) is 0 Å². The number of nitrogens with zero attached hydrogens (tertiary/aromatic N) is 1. The van der Waals surface area contributed by atoms with Crippen LogP contribution in [0, 0.1) is 0 Å². The number of hydrogen-bond donors (Lipinski definition) is 0. The highest BCUT2D eigenvalue weighted by Gasteiger charge is 2.28. The Hall–Kier alpha value is -2.01. The zero-order chi connectivity index (χ0) is 14.8. The molecule has 0 bridgehead atoms. The van der Waals surface area contributed by atoms with E-state index in [1.54, 1.807) is 18.4 Å². The summed E-state index contributed by atoms with van der Waals surface area (Å²) in [6.45, 7) is 2.63. The van der Waals surface area contributed by atoms with Gasteiger partial charge in [0.05, 0.1) is 19.7 Å². The number of methoxy groups -OCH3 is 1. The van der Waals surface area contributed by atoms with Crippen molar-refractivity contribution in [2.75, 3.05) is 13.7 Å². The molecular weight excluding hydrogens is 286 g/mol. The molecule has 1 aromatic heterocycles. The molecule has 1 aromatic carbocycles. The van der Waals surface area contributed by atoms with Crippen LogP contribution in [0.2, 0.25) is 0 Å². The normalized spacial score (nSPS) is 15.9. The van der Waals surface area contributed by atoms with Crippen molar-refractivity contribution in [1.82, 2.24) is 4.90 Å². The molecule has 0 N–H and O–H groups in total. The van der Waals surface area contributed by atoms with Crippen molar-refractivity contribution >= 4 is 17.2 Å². The molecule has 21 heavy (non-hydrogen) atoms. The number of fused-ring (bicyclic) bond motifs is 1. The molecule has 0 saturated heterocycles. The topological polar surface area (TPSA) is 38.8 Å². The Morgan fingerprint density at radius 2 is 2.19 bits per heavy atom. The predicted molar refractivity (Wildman–Crippen MR) is 81.8 cm³/mol. The van der Waals surface area contributed by atoms with Crippen LogP contribution in [0.4, 0.5) is 0 Å². The summed E-state index contributed by atoms with van der Waals surface area (Å²) < 4.78 is 11.0. The molecule has 4 nitrogen and oxygen atoms in total. The summed E-state index contributed by atoms with van der Waals surface area (Å²) in [7, 11) is 1.61. The van der Waals surface area contributed by atoms with Gasteiger partial charge in [0, 0.05) is 10.4 Å². The first-order chi connectivity index (χ1) is 10.2. The molecule has 0 unspecified atom stereocenters. The van der Waals surface area contributed by atoms with Gasteiger partial charge in [-0.1, -0.05) is 18.2 Å². The fourth-order valence-corrected chi connectivity index (χ4v) is 3.33. The number of benzene rings is 1. The fourth-order valence-electron chi connectivity index (χ4n) is 2.53. The minimum atomic E-state index is -0.00541. The van der Waals surface area contributed by atoms with E-state index in [2.05, 4.69) is 13.0 Å². The lowest BCUT2D eigenvalue weighted by atomic mass is 10.1. The molecule has 0 aliphatic carbocycles. The van der Waals surface area contributed by atoms with Crippen LogP contribution in [0.15, 0.2) is 35.7 Å². The Labute approximate surface area is 127 Å². The Balaban J connectivity index is 1.94. The van der Waals surface area contributed by atoms with E-state index in [4.69, 9.17) is 9.47 Å². The molecule has 1 aliphatic heterocycles. The summed E-state index contributed by atoms with van der Waals surface area (Å²) in [5.74, 6) is 1.34. The maximum Gasteiger partial charge on any atom is 0.261 e. The van der Waals surface area contributed by atoms with Gasteiger partial charge >= 0.3 is 0 Å². The Morgan fingerprint density at radius 1 is 1.33 bits per heavy atom. The van der Waals surface area contributed by atoms with Crippen molar-refractivity contribution in [1.29, 1.82) is 0 Å². The van der Waals surface area contributed by atoms with E-state index in [9.17, 15) is 4.79 Å². The number of thiophene rings is 1. The van der Waals surface area contributed by atoms with Crippen LogP contribution in [0.5, 0.6) is 11.5 Å². The summed E-state index contributed by atoms with van der Waals surface area (Å²) in [4.78, 5) is 15.4. The Kier molecular flexibility index (Phi) is 3.84. The highest BCUT2D eigenvalue weighted by Crippen LogP contribution is 2.36. The second-order valence-corrected chi connectivity index (χ2v) is 5.93. The summed E-state index contributed by atoms with van der Waals surface area (Å²) in [6.07, 6.45) is 0. The maximum absolute atomic E-state index is 12.4. The van der Waals surface area contributed by atoms with E-state index < -0.39 is 0 Å². The third kappa shape index (κ3) is 2.61. The zero-order valence-electron chi connectivity index (χ0n) is 12.0. The fraction of sp³-hybridized carbons (Fsp3) is 0.312. The molecule has 0 saturated carbocycles. The number of carbonyl (C=O) groups is 1. The van der Waals surface area contributed by atoms with Crippen LogP contribution in [0.1, 0.15) is 23.4 Å². The lowest BCUT2D eigenvalue weighted by Gasteiger charge is -2.26. The average Bonchev–Trinajstić information content (AvgIpc) is 2.98. The van der Waals surface area contributed by atoms with Gasteiger partial charge in [-0.15, -0.1) is 11.3 Å². The predicted octanol–water partition coefficient (Wildman–Crippen LogP) is 3.24. The number of hydrogen-bond acceptors (Lipinski definition) is 4. The molecule has 0 spiro atoms. The van der Waals surface area contributed by atoms with Crippen molar-refractivity contribution in [3.63, 3.8) is 0 Å². The monoisotopic (exact) mass is 303 g/mol. The van der Waals surface area contributed by atoms with E-state index in [0.717, 1.165) is 5.56 Å². The van der Waals surface area contributed by atoms with E-state index in [0.29, 0.717) is 18.0 Å². The molecule has 1 atom stereocenters. The quantitative estimate of drug-likeness (QED) is 0.874. The van der Waals surface area contributed by atoms with Crippen LogP contribution >= 0.6 is 11.3 Å². The average molecular weight is 303 g/mol. The standard InChI is InChI=1S/C16H17NO3S/c1-11(14-7-4-8-21-14)17-9-12-5-3-6-13(19-2)16(12)20-10-15(17)18/h3-8,11H,9-10H2,1-2H3/t11-/m0/s1. The van der Waals surface area contributed by atoms with Gasteiger partial charge in [-0.25, -0.2) is 0 Å². The molecule has 0 fully saturated rings. The molecule has 2 heterocycles. The van der Waals surface area contributed by atoms with E-state index >= 15 is 0 Å². The minimum absolute atomic E-state index is 0.00541. The Morgan fingerprint density at radius 3 is 2.90 bits per heavy atom. The second kappa shape index (κ2) is 5.77. The second-order valence-electron chi connectivity index (χ2n) is 4.95. The van der Waals surface area contributed by atoms with Crippen molar-refractivity contribution in [3.8, 4) is 11.5 Å². The van der Waals surface area contributed by atoms with Gasteiger partial charge in [-0.3, -0.25) is 4.79 Å². The third-order valence-corrected chi connectivity index (χ3v) is 4.75. The molecule has 5 heteroatoms. The summed E-state index contributed by atoms with van der Waals surface area (Å²) in [6, 6.07) is 9.85. The molecule has 0 radical (unpaired) electrons. The highest BCUT2D eigenvalue weighted by molar-refractivity contribution is 7.10. The maximum atomic E-state index is 12.4. The van der Waals surface area contributed by atoms with Gasteiger partial charge in [0.25, 0.3) is 5.91 Å². The zero-order valence-corrected chi connectivity index (χ0v) is 12.9. The van der Waals surface area contributed by atoms with Crippen LogP contribution in [-0.2, 0) is 11.3 Å². The van der Waals surface area contributed by atoms with Crippen LogP contribution in [0.3, 0.4) is 0 Å². The number of ether oxygens (including phenoxy) is 2. The highest BCUT2D eigenvalue weighted by atomic mass is 32.1. The summed E-state index contributed by atoms with van der Waals surface area (Å²) in [5, 5.41) is 2.03. The van der Waals surface area contributed by atoms with Crippen molar-refractivity contribution in [2.45, 2.75) is 19.5 Å². The van der Waals surface area contributed by atoms with Crippen molar-refractivity contribution in [3.05, 3.63) is 46.2 Å². The first-order valence-electron chi connectivity index (χ1n) is 6.82. The SMILES string of the molecule is COc1cccc2c1OCC(=O)N([C@@H](C)c1cccs1)C2. The molecular formula is C16H17NO3S. The number of para-hydroxylation sites is 1. The number of carbonyl (C=O) groups excluding carboxylic acids is 1. The van der Waals surface area contributed by atoms with Gasteiger partial charge in [0.15, 0.2) is 18.1 Å². The van der Waals surface area contributed by atoms with Gasteiger partial charge in [-0.05, 0) is 24.4 Å². The van der Waals surface area contributed by atoms with Crippen LogP contribution in [-0.4, -0.2) is 24.5 Å². The largest absolute Gasteiger partial charge is 0.493 e. The lowest BCUT2D eigenvalue weighted by Crippen LogP contribution is -2.34.